The van der Waals surface area contributed by atoms with E-state index in [0.29, 0.717) is 29.5 Å². The quantitative estimate of drug-likeness (QED) is 0.559. The number of aromatic nitrogens is 3. The molecule has 2 heterocycles. The van der Waals surface area contributed by atoms with Crippen molar-refractivity contribution in [2.75, 3.05) is 5.32 Å². The zero-order valence-corrected chi connectivity index (χ0v) is 16.5. The van der Waals surface area contributed by atoms with Gasteiger partial charge in [0.25, 0.3) is 0 Å². The van der Waals surface area contributed by atoms with E-state index in [1.165, 1.54) is 17.1 Å². The summed E-state index contributed by atoms with van der Waals surface area (Å²) < 4.78 is 35.5. The van der Waals surface area contributed by atoms with E-state index >= 15 is 0 Å². The van der Waals surface area contributed by atoms with Crippen molar-refractivity contribution in [1.82, 2.24) is 14.8 Å². The molecule has 148 valence electrons. The summed E-state index contributed by atoms with van der Waals surface area (Å²) in [7, 11) is 0. The van der Waals surface area contributed by atoms with Gasteiger partial charge in [0.15, 0.2) is 11.0 Å². The molecule has 1 amide bonds. The molecule has 0 saturated heterocycles. The lowest BCUT2D eigenvalue weighted by molar-refractivity contribution is -0.129. The predicted octanol–water partition coefficient (Wildman–Crippen LogP) is 5.01. The van der Waals surface area contributed by atoms with Crippen LogP contribution >= 0.6 is 11.8 Å². The van der Waals surface area contributed by atoms with E-state index in [4.69, 9.17) is 4.42 Å². The van der Waals surface area contributed by atoms with Gasteiger partial charge in [-0.1, -0.05) is 26.0 Å². The van der Waals surface area contributed by atoms with Crippen molar-refractivity contribution in [3.63, 3.8) is 0 Å². The molecular formula is C19H20F2N4O2S. The highest BCUT2D eigenvalue weighted by atomic mass is 32.2. The summed E-state index contributed by atoms with van der Waals surface area (Å²) in [5, 5.41) is 6.27. The average molecular weight is 406 g/mol. The molecule has 9 heteroatoms. The minimum absolute atomic E-state index is 0.0472. The van der Waals surface area contributed by atoms with Gasteiger partial charge in [-0.2, -0.15) is 8.78 Å². The molecule has 0 unspecified atom stereocenters. The summed E-state index contributed by atoms with van der Waals surface area (Å²) in [6.45, 7) is 6.20. The third kappa shape index (κ3) is 4.24. The molecule has 0 radical (unpaired) electrons. The molecule has 6 nitrogen and oxygen atoms in total. The normalized spacial score (nSPS) is 11.8. The van der Waals surface area contributed by atoms with Crippen LogP contribution in [0.2, 0.25) is 0 Å². The van der Waals surface area contributed by atoms with Gasteiger partial charge in [0, 0.05) is 12.2 Å². The van der Waals surface area contributed by atoms with Crippen molar-refractivity contribution in [1.29, 1.82) is 0 Å². The Kier molecular flexibility index (Phi) is 5.83. The highest BCUT2D eigenvalue weighted by Gasteiger charge is 2.42. The topological polar surface area (TPSA) is 73.0 Å². The number of nitrogens with one attached hydrogen (secondary N) is 1. The van der Waals surface area contributed by atoms with E-state index in [0.717, 1.165) is 5.56 Å². The van der Waals surface area contributed by atoms with Crippen LogP contribution in [0.25, 0.3) is 11.4 Å². The summed E-state index contributed by atoms with van der Waals surface area (Å²) in [6, 6.07) is 8.49. The SMILES string of the molecule is CCn1c(SC(F)(F)C(=O)Nc2ccc(C(C)C)cc2)nnc1-c1ccoc1. The van der Waals surface area contributed by atoms with Crippen molar-refractivity contribution in [3.8, 4) is 11.4 Å². The highest BCUT2D eigenvalue weighted by Crippen LogP contribution is 2.37. The minimum atomic E-state index is -3.72. The summed E-state index contributed by atoms with van der Waals surface area (Å²) in [5.41, 5.74) is 1.99. The molecule has 2 aromatic heterocycles. The van der Waals surface area contributed by atoms with Gasteiger partial charge in [-0.25, -0.2) is 0 Å². The molecule has 1 aromatic carbocycles. The van der Waals surface area contributed by atoms with Gasteiger partial charge in [0.2, 0.25) is 0 Å². The second-order valence-corrected chi connectivity index (χ2v) is 7.49. The monoisotopic (exact) mass is 406 g/mol. The van der Waals surface area contributed by atoms with Crippen LogP contribution in [-0.4, -0.2) is 25.9 Å². The number of thioether (sulfide) groups is 1. The number of anilines is 1. The summed E-state index contributed by atoms with van der Waals surface area (Å²) in [4.78, 5) is 12.1. The largest absolute Gasteiger partial charge is 0.472 e. The maximum Gasteiger partial charge on any atom is 0.378 e. The first-order valence-corrected chi connectivity index (χ1v) is 9.57. The molecule has 0 spiro atoms. The second kappa shape index (κ2) is 8.14. The first kappa shape index (κ1) is 20.1. The third-order valence-corrected chi connectivity index (χ3v) is 5.06. The number of furan rings is 1. The first-order valence-electron chi connectivity index (χ1n) is 8.75. The molecule has 0 saturated carbocycles. The van der Waals surface area contributed by atoms with Gasteiger partial charge in [-0.05, 0) is 48.4 Å². The number of rotatable bonds is 7. The molecule has 0 atom stereocenters. The van der Waals surface area contributed by atoms with E-state index in [1.807, 2.05) is 13.8 Å². The Hall–Kier alpha value is -2.68. The number of amides is 1. The molecular weight excluding hydrogens is 386 g/mol. The zero-order valence-electron chi connectivity index (χ0n) is 15.6. The Morgan fingerprint density at radius 3 is 2.54 bits per heavy atom. The average Bonchev–Trinajstić information content (AvgIpc) is 3.31. The van der Waals surface area contributed by atoms with Gasteiger partial charge in [-0.15, -0.1) is 10.2 Å². The van der Waals surface area contributed by atoms with Crippen molar-refractivity contribution in [2.45, 2.75) is 43.6 Å². The fraction of sp³-hybridized carbons (Fsp3) is 0.316. The predicted molar refractivity (Wildman–Crippen MR) is 103 cm³/mol. The molecule has 3 rings (SSSR count). The van der Waals surface area contributed by atoms with Gasteiger partial charge < -0.3 is 14.3 Å². The van der Waals surface area contributed by atoms with Crippen LogP contribution in [0.15, 0.2) is 52.4 Å². The molecule has 0 aliphatic heterocycles. The standard InChI is InChI=1S/C19H20F2N4O2S/c1-4-25-16(14-9-10-27-11-14)23-24-18(25)28-19(20,21)17(26)22-15-7-5-13(6-8-15)12(2)3/h5-12H,4H2,1-3H3,(H,22,26). The number of halogens is 2. The number of carbonyl (C=O) groups excluding carboxylic acids is 1. The number of carbonyl (C=O) groups is 1. The van der Waals surface area contributed by atoms with Crippen LogP contribution in [-0.2, 0) is 11.3 Å². The lowest BCUT2D eigenvalue weighted by atomic mass is 10.0. The van der Waals surface area contributed by atoms with Gasteiger partial charge in [0.1, 0.15) is 6.26 Å². The van der Waals surface area contributed by atoms with E-state index in [-0.39, 0.29) is 16.9 Å². The number of alkyl halides is 2. The van der Waals surface area contributed by atoms with Crippen molar-refractivity contribution in [2.24, 2.45) is 0 Å². The Balaban J connectivity index is 1.75. The van der Waals surface area contributed by atoms with Crippen LogP contribution in [0.5, 0.6) is 0 Å². The second-order valence-electron chi connectivity index (χ2n) is 6.41. The molecule has 28 heavy (non-hydrogen) atoms. The highest BCUT2D eigenvalue weighted by molar-refractivity contribution is 8.00. The molecule has 0 aliphatic rings. The smallest absolute Gasteiger partial charge is 0.378 e. The van der Waals surface area contributed by atoms with E-state index in [2.05, 4.69) is 15.5 Å². The van der Waals surface area contributed by atoms with E-state index in [1.54, 1.807) is 37.3 Å². The zero-order chi connectivity index (χ0) is 20.3. The number of hydrogen-bond donors (Lipinski definition) is 1. The Morgan fingerprint density at radius 2 is 1.96 bits per heavy atom. The maximum absolute atomic E-state index is 14.5. The van der Waals surface area contributed by atoms with Gasteiger partial charge in [-0.3, -0.25) is 4.79 Å². The minimum Gasteiger partial charge on any atom is -0.472 e. The van der Waals surface area contributed by atoms with Crippen molar-refractivity contribution >= 4 is 23.4 Å². The van der Waals surface area contributed by atoms with Crippen molar-refractivity contribution in [3.05, 3.63) is 48.4 Å². The van der Waals surface area contributed by atoms with Crippen LogP contribution in [0, 0.1) is 0 Å². The fourth-order valence-electron chi connectivity index (χ4n) is 2.57. The Bertz CT molecular complexity index is 938. The lowest BCUT2D eigenvalue weighted by Gasteiger charge is -2.16. The Labute approximate surface area is 165 Å². The molecule has 0 bridgehead atoms. The number of benzene rings is 1. The molecule has 3 aromatic rings. The van der Waals surface area contributed by atoms with Gasteiger partial charge >= 0.3 is 11.2 Å². The summed E-state index contributed by atoms with van der Waals surface area (Å²) in [5.74, 6) is -0.698. The Morgan fingerprint density at radius 1 is 1.25 bits per heavy atom. The number of nitrogens with zero attached hydrogens (tertiary/aromatic N) is 3. The lowest BCUT2D eigenvalue weighted by Crippen LogP contribution is -2.31. The maximum atomic E-state index is 14.5. The van der Waals surface area contributed by atoms with E-state index < -0.39 is 11.2 Å². The molecule has 0 fully saturated rings. The molecule has 1 N–H and O–H groups in total. The number of hydrogen-bond acceptors (Lipinski definition) is 5. The summed E-state index contributed by atoms with van der Waals surface area (Å²) >= 11 is 0.0640. The van der Waals surface area contributed by atoms with Gasteiger partial charge in [0.05, 0.1) is 11.8 Å². The van der Waals surface area contributed by atoms with Crippen LogP contribution in [0.3, 0.4) is 0 Å². The first-order chi connectivity index (χ1) is 13.3. The fourth-order valence-corrected chi connectivity index (χ4v) is 3.35. The van der Waals surface area contributed by atoms with Crippen LogP contribution in [0.1, 0.15) is 32.3 Å². The molecule has 0 aliphatic carbocycles. The van der Waals surface area contributed by atoms with E-state index in [9.17, 15) is 13.6 Å². The van der Waals surface area contributed by atoms with Crippen LogP contribution in [0.4, 0.5) is 14.5 Å². The van der Waals surface area contributed by atoms with Crippen molar-refractivity contribution < 1.29 is 18.0 Å². The third-order valence-electron chi connectivity index (χ3n) is 4.13. The summed E-state index contributed by atoms with van der Waals surface area (Å²) in [6.07, 6.45) is 2.92. The van der Waals surface area contributed by atoms with Crippen LogP contribution < -0.4 is 5.32 Å².